The Hall–Kier alpha value is -1.23. The van der Waals surface area contributed by atoms with Gasteiger partial charge in [-0.3, -0.25) is 0 Å². The average Bonchev–Trinajstić information content (AvgIpc) is 2.35. The molecule has 0 aliphatic carbocycles. The van der Waals surface area contributed by atoms with Gasteiger partial charge in [-0.15, -0.1) is 0 Å². The normalized spacial score (nSPS) is 12.2. The highest BCUT2D eigenvalue weighted by atomic mass is 79.9. The van der Waals surface area contributed by atoms with E-state index in [0.29, 0.717) is 11.8 Å². The molecule has 112 valence electrons. The maximum Gasteiger partial charge on any atom is 0.172 e. The molecule has 0 aromatic heterocycles. The third kappa shape index (κ3) is 4.71. The molecule has 0 bridgehead atoms. The molecule has 0 aliphatic heterocycles. The number of benzene rings is 1. The fourth-order valence-electron chi connectivity index (χ4n) is 2.20. The number of hydrogen-bond donors (Lipinski definition) is 2. The number of oxime groups is 1. The van der Waals surface area contributed by atoms with Crippen molar-refractivity contribution >= 4 is 27.5 Å². The lowest BCUT2D eigenvalue weighted by atomic mass is 10.1. The molecule has 0 heterocycles. The van der Waals surface area contributed by atoms with Gasteiger partial charge in [0, 0.05) is 28.8 Å². The van der Waals surface area contributed by atoms with E-state index in [0.717, 1.165) is 28.8 Å². The zero-order valence-corrected chi connectivity index (χ0v) is 14.2. The van der Waals surface area contributed by atoms with Crippen molar-refractivity contribution in [2.45, 2.75) is 27.7 Å². The van der Waals surface area contributed by atoms with Crippen molar-refractivity contribution in [1.29, 1.82) is 0 Å². The number of nitrogens with two attached hydrogens (primary N) is 1. The van der Waals surface area contributed by atoms with Gasteiger partial charge in [-0.25, -0.2) is 0 Å². The topological polar surface area (TPSA) is 61.8 Å². The van der Waals surface area contributed by atoms with Crippen LogP contribution in [-0.4, -0.2) is 24.1 Å². The molecule has 1 aromatic carbocycles. The summed E-state index contributed by atoms with van der Waals surface area (Å²) in [7, 11) is 0. The molecule has 3 N–H and O–H groups in total. The second kappa shape index (κ2) is 7.53. The quantitative estimate of drug-likeness (QED) is 0.359. The Bertz CT molecular complexity index is 462. The molecule has 0 radical (unpaired) electrons. The number of halogens is 1. The summed E-state index contributed by atoms with van der Waals surface area (Å²) in [5.74, 6) is 1.22. The van der Waals surface area contributed by atoms with Crippen LogP contribution < -0.4 is 10.6 Å². The van der Waals surface area contributed by atoms with E-state index < -0.39 is 0 Å². The lowest BCUT2D eigenvalue weighted by Gasteiger charge is -2.30. The summed E-state index contributed by atoms with van der Waals surface area (Å²) in [6.45, 7) is 10.6. The van der Waals surface area contributed by atoms with Crippen LogP contribution in [0, 0.1) is 11.8 Å². The Labute approximate surface area is 129 Å². The van der Waals surface area contributed by atoms with Crippen molar-refractivity contribution in [2.24, 2.45) is 22.7 Å². The van der Waals surface area contributed by atoms with Crippen molar-refractivity contribution in [3.05, 3.63) is 28.2 Å². The highest BCUT2D eigenvalue weighted by Crippen LogP contribution is 2.26. The van der Waals surface area contributed by atoms with Gasteiger partial charge in [-0.2, -0.15) is 0 Å². The smallest absolute Gasteiger partial charge is 0.172 e. The van der Waals surface area contributed by atoms with Crippen LogP contribution >= 0.6 is 15.9 Å². The molecule has 0 unspecified atom stereocenters. The number of rotatable bonds is 6. The van der Waals surface area contributed by atoms with Crippen LogP contribution in [0.4, 0.5) is 5.69 Å². The maximum absolute atomic E-state index is 8.98. The number of nitrogens with zero attached hydrogens (tertiary/aromatic N) is 2. The maximum atomic E-state index is 8.98. The van der Waals surface area contributed by atoms with Gasteiger partial charge in [0.2, 0.25) is 0 Å². The molecule has 4 nitrogen and oxygen atoms in total. The summed E-state index contributed by atoms with van der Waals surface area (Å²) in [5, 5.41) is 12.1. The first-order valence-corrected chi connectivity index (χ1v) is 7.66. The molecule has 0 spiro atoms. The monoisotopic (exact) mass is 341 g/mol. The Morgan fingerprint density at radius 1 is 1.25 bits per heavy atom. The molecule has 0 fully saturated rings. The molecule has 5 heteroatoms. The van der Waals surface area contributed by atoms with Crippen LogP contribution in [0.1, 0.15) is 33.3 Å². The van der Waals surface area contributed by atoms with Gasteiger partial charge in [-0.1, -0.05) is 48.8 Å². The first-order chi connectivity index (χ1) is 9.35. The van der Waals surface area contributed by atoms with Gasteiger partial charge in [0.25, 0.3) is 0 Å². The molecule has 0 amide bonds. The summed E-state index contributed by atoms with van der Waals surface area (Å²) in [5.41, 5.74) is 7.57. The van der Waals surface area contributed by atoms with Gasteiger partial charge < -0.3 is 15.8 Å². The number of hydrogen-bond acceptors (Lipinski definition) is 3. The molecule has 0 saturated heterocycles. The Morgan fingerprint density at radius 2 is 1.80 bits per heavy atom. The molecule has 20 heavy (non-hydrogen) atoms. The standard InChI is InChI=1S/C15H24BrN3O/c1-10(2)8-19(9-11(3)4)14-6-5-12(16)7-13(14)15(17)18-20/h5-7,10-11,20H,8-9H2,1-4H3,(H2,17,18). The lowest BCUT2D eigenvalue weighted by molar-refractivity contribution is 0.318. The van der Waals surface area contributed by atoms with Gasteiger partial charge in [0.15, 0.2) is 5.84 Å². The Balaban J connectivity index is 3.24. The summed E-state index contributed by atoms with van der Waals surface area (Å²) in [4.78, 5) is 2.30. The van der Waals surface area contributed by atoms with Crippen LogP contribution in [-0.2, 0) is 0 Å². The highest BCUT2D eigenvalue weighted by Gasteiger charge is 2.16. The molecule has 1 rings (SSSR count). The van der Waals surface area contributed by atoms with Crippen molar-refractivity contribution in [2.75, 3.05) is 18.0 Å². The van der Waals surface area contributed by atoms with E-state index >= 15 is 0 Å². The van der Waals surface area contributed by atoms with Crippen molar-refractivity contribution < 1.29 is 5.21 Å². The lowest BCUT2D eigenvalue weighted by Crippen LogP contribution is -2.33. The summed E-state index contributed by atoms with van der Waals surface area (Å²) in [6, 6.07) is 5.89. The third-order valence-corrected chi connectivity index (χ3v) is 3.35. The zero-order chi connectivity index (χ0) is 15.3. The number of anilines is 1. The molecule has 0 atom stereocenters. The SMILES string of the molecule is CC(C)CN(CC(C)C)c1ccc(Br)cc1/C(N)=N/O. The fourth-order valence-corrected chi connectivity index (χ4v) is 2.56. The Morgan fingerprint density at radius 3 is 2.25 bits per heavy atom. The second-order valence-electron chi connectivity index (χ2n) is 5.84. The minimum absolute atomic E-state index is 0.138. The van der Waals surface area contributed by atoms with Gasteiger partial charge in [0.1, 0.15) is 0 Å². The zero-order valence-electron chi connectivity index (χ0n) is 12.6. The van der Waals surface area contributed by atoms with E-state index in [9.17, 15) is 0 Å². The largest absolute Gasteiger partial charge is 0.409 e. The first kappa shape index (κ1) is 16.8. The van der Waals surface area contributed by atoms with E-state index in [2.05, 4.69) is 53.7 Å². The van der Waals surface area contributed by atoms with Crippen LogP contribution in [0.25, 0.3) is 0 Å². The van der Waals surface area contributed by atoms with Crippen LogP contribution in [0.3, 0.4) is 0 Å². The van der Waals surface area contributed by atoms with Gasteiger partial charge in [-0.05, 0) is 30.0 Å². The summed E-state index contributed by atoms with van der Waals surface area (Å²) >= 11 is 3.43. The predicted molar refractivity (Wildman–Crippen MR) is 88.5 cm³/mol. The fraction of sp³-hybridized carbons (Fsp3) is 0.533. The van der Waals surface area contributed by atoms with Crippen LogP contribution in [0.5, 0.6) is 0 Å². The van der Waals surface area contributed by atoms with E-state index in [1.165, 1.54) is 0 Å². The Kier molecular flexibility index (Phi) is 6.33. The highest BCUT2D eigenvalue weighted by molar-refractivity contribution is 9.10. The van der Waals surface area contributed by atoms with Gasteiger partial charge in [0.05, 0.1) is 0 Å². The van der Waals surface area contributed by atoms with E-state index in [4.69, 9.17) is 10.9 Å². The minimum Gasteiger partial charge on any atom is -0.409 e. The van der Waals surface area contributed by atoms with Crippen molar-refractivity contribution in [1.82, 2.24) is 0 Å². The van der Waals surface area contributed by atoms with Crippen molar-refractivity contribution in [3.63, 3.8) is 0 Å². The van der Waals surface area contributed by atoms with E-state index in [1.54, 1.807) is 0 Å². The molecular weight excluding hydrogens is 318 g/mol. The minimum atomic E-state index is 0.138. The van der Waals surface area contributed by atoms with E-state index in [1.807, 2.05) is 18.2 Å². The van der Waals surface area contributed by atoms with E-state index in [-0.39, 0.29) is 5.84 Å². The van der Waals surface area contributed by atoms with Crippen LogP contribution in [0.2, 0.25) is 0 Å². The molecule has 0 saturated carbocycles. The summed E-state index contributed by atoms with van der Waals surface area (Å²) < 4.78 is 0.914. The third-order valence-electron chi connectivity index (χ3n) is 2.85. The average molecular weight is 342 g/mol. The summed E-state index contributed by atoms with van der Waals surface area (Å²) in [6.07, 6.45) is 0. The molecule has 0 aliphatic rings. The molecular formula is C15H24BrN3O. The second-order valence-corrected chi connectivity index (χ2v) is 6.76. The van der Waals surface area contributed by atoms with Crippen LogP contribution in [0.15, 0.2) is 27.8 Å². The van der Waals surface area contributed by atoms with Gasteiger partial charge >= 0.3 is 0 Å². The predicted octanol–water partition coefficient (Wildman–Crippen LogP) is 3.66. The first-order valence-electron chi connectivity index (χ1n) is 6.87. The molecule has 1 aromatic rings. The number of amidine groups is 1. The van der Waals surface area contributed by atoms with Crippen molar-refractivity contribution in [3.8, 4) is 0 Å².